The van der Waals surface area contributed by atoms with Crippen LogP contribution in [0.5, 0.6) is 0 Å². The number of anilines is 1. The number of hydrogen-bond acceptors (Lipinski definition) is 6. The van der Waals surface area contributed by atoms with E-state index in [0.717, 1.165) is 0 Å². The molecule has 0 aliphatic rings. The van der Waals surface area contributed by atoms with Crippen molar-refractivity contribution in [1.29, 1.82) is 0 Å². The van der Waals surface area contributed by atoms with Gasteiger partial charge in [0.1, 0.15) is 11.7 Å². The predicted octanol–water partition coefficient (Wildman–Crippen LogP) is 0.237. The lowest BCUT2D eigenvalue weighted by Gasteiger charge is -2.15. The van der Waals surface area contributed by atoms with E-state index >= 15 is 0 Å². The van der Waals surface area contributed by atoms with Crippen LogP contribution in [0.2, 0.25) is 0 Å². The van der Waals surface area contributed by atoms with E-state index < -0.39 is 17.9 Å². The Hall–Kier alpha value is -2.74. The molecule has 21 heavy (non-hydrogen) atoms. The summed E-state index contributed by atoms with van der Waals surface area (Å²) in [6.45, 7) is -0.365. The summed E-state index contributed by atoms with van der Waals surface area (Å²) in [5, 5.41) is 11.9. The fourth-order valence-corrected chi connectivity index (χ4v) is 1.69. The molecule has 0 radical (unpaired) electrons. The number of methoxy groups -OCH3 is 1. The van der Waals surface area contributed by atoms with Crippen molar-refractivity contribution in [3.05, 3.63) is 42.7 Å². The summed E-state index contributed by atoms with van der Waals surface area (Å²) in [6, 6.07) is 2.18. The predicted molar refractivity (Wildman–Crippen MR) is 72.6 cm³/mol. The molecule has 2 aromatic rings. The summed E-state index contributed by atoms with van der Waals surface area (Å²) in [5.74, 6) is -0.970. The number of pyridine rings is 1. The molecule has 0 saturated carbocycles. The van der Waals surface area contributed by atoms with Crippen LogP contribution in [0.25, 0.3) is 0 Å². The van der Waals surface area contributed by atoms with Crippen molar-refractivity contribution in [1.82, 2.24) is 14.5 Å². The molecule has 0 saturated heterocycles. The van der Waals surface area contributed by atoms with Crippen molar-refractivity contribution in [2.24, 2.45) is 0 Å². The second-order valence-electron chi connectivity index (χ2n) is 4.12. The monoisotopic (exact) mass is 290 g/mol. The number of aliphatic hydroxyl groups is 1. The fourth-order valence-electron chi connectivity index (χ4n) is 1.69. The molecule has 0 fully saturated rings. The number of amides is 1. The second kappa shape index (κ2) is 6.62. The lowest BCUT2D eigenvalue weighted by atomic mass is 10.2. The molecule has 0 aromatic carbocycles. The third-order valence-electron chi connectivity index (χ3n) is 2.79. The van der Waals surface area contributed by atoms with Gasteiger partial charge in [0.2, 0.25) is 5.91 Å². The Kier molecular flexibility index (Phi) is 4.62. The third-order valence-corrected chi connectivity index (χ3v) is 2.79. The fraction of sp³-hybridized carbons (Fsp3) is 0.231. The van der Waals surface area contributed by atoms with Gasteiger partial charge in [-0.2, -0.15) is 0 Å². The Bertz CT molecular complexity index is 610. The number of rotatable bonds is 5. The molecule has 0 spiro atoms. The van der Waals surface area contributed by atoms with E-state index in [9.17, 15) is 14.7 Å². The highest BCUT2D eigenvalue weighted by Gasteiger charge is 2.19. The topological polar surface area (TPSA) is 106 Å². The number of hydrogen-bond donors (Lipinski definition) is 2. The molecule has 2 heterocycles. The van der Waals surface area contributed by atoms with Gasteiger partial charge in [0.05, 0.1) is 31.9 Å². The standard InChI is InChI=1S/C13H14N4O4/c1-21-13(20)10-3-2-9(6-15-10)16-12(19)11(7-18)17-5-4-14-8-17/h2-6,8,11,18H,7H2,1H3,(H,16,19)/t11-/m0/s1. The summed E-state index contributed by atoms with van der Waals surface area (Å²) < 4.78 is 6.02. The summed E-state index contributed by atoms with van der Waals surface area (Å²) in [5.41, 5.74) is 0.551. The first-order valence-corrected chi connectivity index (χ1v) is 6.09. The van der Waals surface area contributed by atoms with Crippen LogP contribution in [0.1, 0.15) is 16.5 Å². The molecular formula is C13H14N4O4. The highest BCUT2D eigenvalue weighted by atomic mass is 16.5. The number of imidazole rings is 1. The molecule has 0 unspecified atom stereocenters. The highest BCUT2D eigenvalue weighted by molar-refractivity contribution is 5.94. The molecule has 2 N–H and O–H groups in total. The van der Waals surface area contributed by atoms with Gasteiger partial charge in [0.15, 0.2) is 0 Å². The molecule has 0 aliphatic heterocycles. The zero-order valence-electron chi connectivity index (χ0n) is 11.3. The Morgan fingerprint density at radius 3 is 2.81 bits per heavy atom. The normalized spacial score (nSPS) is 11.7. The number of nitrogens with zero attached hydrogens (tertiary/aromatic N) is 3. The van der Waals surface area contributed by atoms with Crippen LogP contribution in [0.15, 0.2) is 37.1 Å². The number of carbonyl (C=O) groups is 2. The van der Waals surface area contributed by atoms with E-state index in [1.807, 2.05) is 0 Å². The van der Waals surface area contributed by atoms with Crippen molar-refractivity contribution in [3.63, 3.8) is 0 Å². The van der Waals surface area contributed by atoms with Crippen LogP contribution in [0.4, 0.5) is 5.69 Å². The van der Waals surface area contributed by atoms with E-state index in [2.05, 4.69) is 20.0 Å². The minimum absolute atomic E-state index is 0.142. The summed E-state index contributed by atoms with van der Waals surface area (Å²) >= 11 is 0. The SMILES string of the molecule is COC(=O)c1ccc(NC(=O)[C@H](CO)n2ccnc2)cn1. The average Bonchev–Trinajstić information content (AvgIpc) is 3.02. The van der Waals surface area contributed by atoms with Crippen molar-refractivity contribution < 1.29 is 19.4 Å². The van der Waals surface area contributed by atoms with Crippen molar-refractivity contribution >= 4 is 17.6 Å². The van der Waals surface area contributed by atoms with Gasteiger partial charge in [-0.1, -0.05) is 0 Å². The Balaban J connectivity index is 2.07. The van der Waals surface area contributed by atoms with Crippen LogP contribution < -0.4 is 5.32 Å². The molecule has 1 amide bonds. The molecule has 0 bridgehead atoms. The van der Waals surface area contributed by atoms with Gasteiger partial charge in [-0.25, -0.2) is 14.8 Å². The second-order valence-corrected chi connectivity index (χ2v) is 4.12. The number of aromatic nitrogens is 3. The zero-order chi connectivity index (χ0) is 15.2. The number of aliphatic hydroxyl groups excluding tert-OH is 1. The zero-order valence-corrected chi connectivity index (χ0v) is 11.3. The van der Waals surface area contributed by atoms with E-state index in [1.54, 1.807) is 6.20 Å². The van der Waals surface area contributed by atoms with Gasteiger partial charge in [0.25, 0.3) is 0 Å². The third kappa shape index (κ3) is 3.42. The lowest BCUT2D eigenvalue weighted by Crippen LogP contribution is -2.28. The average molecular weight is 290 g/mol. The van der Waals surface area contributed by atoms with Crippen LogP contribution in [-0.4, -0.2) is 45.2 Å². The van der Waals surface area contributed by atoms with Crippen molar-refractivity contribution in [2.45, 2.75) is 6.04 Å². The van der Waals surface area contributed by atoms with Gasteiger partial charge in [0, 0.05) is 12.4 Å². The maximum absolute atomic E-state index is 12.1. The van der Waals surface area contributed by atoms with Gasteiger partial charge in [-0.3, -0.25) is 4.79 Å². The van der Waals surface area contributed by atoms with Crippen LogP contribution >= 0.6 is 0 Å². The molecule has 110 valence electrons. The Morgan fingerprint density at radius 1 is 1.48 bits per heavy atom. The molecule has 0 aliphatic carbocycles. The van der Waals surface area contributed by atoms with Crippen LogP contribution in [0.3, 0.4) is 0 Å². The van der Waals surface area contributed by atoms with Gasteiger partial charge in [-0.15, -0.1) is 0 Å². The van der Waals surface area contributed by atoms with Crippen LogP contribution in [0, 0.1) is 0 Å². The first-order valence-electron chi connectivity index (χ1n) is 6.09. The Labute approximate surface area is 120 Å². The van der Waals surface area contributed by atoms with E-state index in [1.165, 1.54) is 42.5 Å². The summed E-state index contributed by atoms with van der Waals surface area (Å²) in [4.78, 5) is 31.0. The quantitative estimate of drug-likeness (QED) is 0.764. The number of nitrogens with one attached hydrogen (secondary N) is 1. The Morgan fingerprint density at radius 2 is 2.29 bits per heavy atom. The smallest absolute Gasteiger partial charge is 0.356 e. The van der Waals surface area contributed by atoms with Crippen molar-refractivity contribution in [3.8, 4) is 0 Å². The first-order chi connectivity index (χ1) is 10.2. The maximum atomic E-state index is 12.1. The van der Waals surface area contributed by atoms with E-state index in [0.29, 0.717) is 5.69 Å². The molecule has 8 heteroatoms. The van der Waals surface area contributed by atoms with Crippen LogP contribution in [-0.2, 0) is 9.53 Å². The molecule has 8 nitrogen and oxygen atoms in total. The van der Waals surface area contributed by atoms with Gasteiger partial charge >= 0.3 is 5.97 Å². The summed E-state index contributed by atoms with van der Waals surface area (Å²) in [7, 11) is 1.26. The molecule has 2 rings (SSSR count). The maximum Gasteiger partial charge on any atom is 0.356 e. The largest absolute Gasteiger partial charge is 0.464 e. The van der Waals surface area contributed by atoms with Gasteiger partial charge in [-0.05, 0) is 12.1 Å². The molecule has 1 atom stereocenters. The van der Waals surface area contributed by atoms with E-state index in [-0.39, 0.29) is 12.3 Å². The molecule has 2 aromatic heterocycles. The number of carbonyl (C=O) groups excluding carboxylic acids is 2. The number of ether oxygens (including phenoxy) is 1. The first kappa shape index (κ1) is 14.7. The number of esters is 1. The molecular weight excluding hydrogens is 276 g/mol. The van der Waals surface area contributed by atoms with E-state index in [4.69, 9.17) is 0 Å². The lowest BCUT2D eigenvalue weighted by molar-refractivity contribution is -0.120. The minimum Gasteiger partial charge on any atom is -0.464 e. The minimum atomic E-state index is -0.784. The highest BCUT2D eigenvalue weighted by Crippen LogP contribution is 2.12. The summed E-state index contributed by atoms with van der Waals surface area (Å²) in [6.07, 6.45) is 5.88. The van der Waals surface area contributed by atoms with Gasteiger partial charge < -0.3 is 19.7 Å². The van der Waals surface area contributed by atoms with Crippen molar-refractivity contribution in [2.75, 3.05) is 19.0 Å².